The van der Waals surface area contributed by atoms with Gasteiger partial charge in [0.15, 0.2) is 0 Å². The van der Waals surface area contributed by atoms with Crippen molar-refractivity contribution in [1.29, 1.82) is 0 Å². The number of thioether (sulfide) groups is 1. The molecule has 0 unspecified atom stereocenters. The fraction of sp³-hybridized carbons (Fsp3) is 0.385. The standard InChI is InChI=1S/C13H17BrN2O2S/c1-9(2)7-15-13(18)16-12(17)8-19-11-6-4-3-5-10(11)14/h3-6,9H,7-8H2,1-2H3,(H2,15,16,17,18). The van der Waals surface area contributed by atoms with Crippen LogP contribution in [0, 0.1) is 5.92 Å². The first kappa shape index (κ1) is 16.0. The third-order valence-electron chi connectivity index (χ3n) is 2.12. The van der Waals surface area contributed by atoms with Gasteiger partial charge in [-0.25, -0.2) is 4.79 Å². The molecule has 104 valence electrons. The minimum Gasteiger partial charge on any atom is -0.338 e. The fourth-order valence-electron chi connectivity index (χ4n) is 1.21. The Kier molecular flexibility index (Phi) is 6.94. The second-order valence-corrected chi connectivity index (χ2v) is 6.24. The topological polar surface area (TPSA) is 58.2 Å². The molecule has 0 aliphatic carbocycles. The Morgan fingerprint density at radius 2 is 2.00 bits per heavy atom. The highest BCUT2D eigenvalue weighted by molar-refractivity contribution is 9.10. The van der Waals surface area contributed by atoms with E-state index in [-0.39, 0.29) is 11.7 Å². The Balaban J connectivity index is 2.32. The van der Waals surface area contributed by atoms with Crippen molar-refractivity contribution in [2.45, 2.75) is 18.7 Å². The van der Waals surface area contributed by atoms with E-state index in [1.807, 2.05) is 38.1 Å². The van der Waals surface area contributed by atoms with Gasteiger partial charge < -0.3 is 5.32 Å². The van der Waals surface area contributed by atoms with Crippen molar-refractivity contribution in [3.8, 4) is 0 Å². The molecule has 0 aromatic heterocycles. The molecule has 4 nitrogen and oxygen atoms in total. The minimum atomic E-state index is -0.438. The van der Waals surface area contributed by atoms with Gasteiger partial charge in [0.1, 0.15) is 0 Å². The maximum Gasteiger partial charge on any atom is 0.321 e. The van der Waals surface area contributed by atoms with E-state index in [1.54, 1.807) is 0 Å². The van der Waals surface area contributed by atoms with E-state index >= 15 is 0 Å². The number of carbonyl (C=O) groups is 2. The Morgan fingerprint density at radius 3 is 2.63 bits per heavy atom. The van der Waals surface area contributed by atoms with Crippen LogP contribution >= 0.6 is 27.7 Å². The van der Waals surface area contributed by atoms with Crippen molar-refractivity contribution >= 4 is 39.6 Å². The molecule has 2 N–H and O–H groups in total. The van der Waals surface area contributed by atoms with Crippen molar-refractivity contribution in [2.75, 3.05) is 12.3 Å². The summed E-state index contributed by atoms with van der Waals surface area (Å²) < 4.78 is 0.942. The number of hydrogen-bond donors (Lipinski definition) is 2. The van der Waals surface area contributed by atoms with Gasteiger partial charge in [0, 0.05) is 15.9 Å². The SMILES string of the molecule is CC(C)CNC(=O)NC(=O)CSc1ccccc1Br. The van der Waals surface area contributed by atoms with Gasteiger partial charge in [0.25, 0.3) is 0 Å². The maximum absolute atomic E-state index is 11.6. The summed E-state index contributed by atoms with van der Waals surface area (Å²) in [5.41, 5.74) is 0. The number of nitrogens with one attached hydrogen (secondary N) is 2. The van der Waals surface area contributed by atoms with Gasteiger partial charge in [-0.2, -0.15) is 0 Å². The monoisotopic (exact) mass is 344 g/mol. The van der Waals surface area contributed by atoms with E-state index in [9.17, 15) is 9.59 Å². The first-order chi connectivity index (χ1) is 8.99. The van der Waals surface area contributed by atoms with Crippen LogP contribution < -0.4 is 10.6 Å². The molecule has 1 aromatic carbocycles. The predicted molar refractivity (Wildman–Crippen MR) is 81.2 cm³/mol. The number of imide groups is 1. The van der Waals surface area contributed by atoms with E-state index < -0.39 is 6.03 Å². The first-order valence-corrected chi connectivity index (χ1v) is 7.72. The zero-order valence-corrected chi connectivity index (χ0v) is 13.3. The van der Waals surface area contributed by atoms with Crippen LogP contribution in [0.5, 0.6) is 0 Å². The summed E-state index contributed by atoms with van der Waals surface area (Å²) in [5, 5.41) is 4.93. The Morgan fingerprint density at radius 1 is 1.32 bits per heavy atom. The van der Waals surface area contributed by atoms with Gasteiger partial charge in [-0.05, 0) is 34.0 Å². The summed E-state index contributed by atoms with van der Waals surface area (Å²) in [4.78, 5) is 23.9. The summed E-state index contributed by atoms with van der Waals surface area (Å²) in [6.07, 6.45) is 0. The summed E-state index contributed by atoms with van der Waals surface area (Å²) in [6, 6.07) is 7.20. The highest BCUT2D eigenvalue weighted by atomic mass is 79.9. The van der Waals surface area contributed by atoms with Crippen molar-refractivity contribution in [1.82, 2.24) is 10.6 Å². The average Bonchev–Trinajstić information content (AvgIpc) is 2.35. The molecular formula is C13H17BrN2O2S. The number of rotatable bonds is 5. The molecule has 19 heavy (non-hydrogen) atoms. The largest absolute Gasteiger partial charge is 0.338 e. The molecule has 3 amide bonds. The number of benzene rings is 1. The number of hydrogen-bond acceptors (Lipinski definition) is 3. The molecule has 0 spiro atoms. The lowest BCUT2D eigenvalue weighted by Gasteiger charge is -2.08. The predicted octanol–water partition coefficient (Wildman–Crippen LogP) is 3.02. The second kappa shape index (κ2) is 8.22. The zero-order valence-electron chi connectivity index (χ0n) is 10.9. The van der Waals surface area contributed by atoms with Crippen LogP contribution in [0.25, 0.3) is 0 Å². The Labute approximate surface area is 125 Å². The average molecular weight is 345 g/mol. The highest BCUT2D eigenvalue weighted by Gasteiger charge is 2.09. The summed E-state index contributed by atoms with van der Waals surface area (Å²) in [7, 11) is 0. The fourth-order valence-corrected chi connectivity index (χ4v) is 2.58. The van der Waals surface area contributed by atoms with Gasteiger partial charge in [-0.1, -0.05) is 26.0 Å². The molecule has 0 heterocycles. The van der Waals surface area contributed by atoms with Crippen LogP contribution in [-0.2, 0) is 4.79 Å². The van der Waals surface area contributed by atoms with Gasteiger partial charge in [0.05, 0.1) is 5.75 Å². The van der Waals surface area contributed by atoms with Crippen molar-refractivity contribution in [3.05, 3.63) is 28.7 Å². The minimum absolute atomic E-state index is 0.206. The smallest absolute Gasteiger partial charge is 0.321 e. The van der Waals surface area contributed by atoms with Crippen LogP contribution in [0.1, 0.15) is 13.8 Å². The van der Waals surface area contributed by atoms with E-state index in [0.717, 1.165) is 9.37 Å². The molecule has 0 fully saturated rings. The van der Waals surface area contributed by atoms with Gasteiger partial charge in [-0.3, -0.25) is 10.1 Å². The van der Waals surface area contributed by atoms with Gasteiger partial charge in [0.2, 0.25) is 5.91 Å². The number of halogens is 1. The summed E-state index contributed by atoms with van der Waals surface area (Å²) >= 11 is 4.79. The second-order valence-electron chi connectivity index (χ2n) is 4.37. The van der Waals surface area contributed by atoms with E-state index in [1.165, 1.54) is 11.8 Å². The number of carbonyl (C=O) groups excluding carboxylic acids is 2. The van der Waals surface area contributed by atoms with Crippen LogP contribution in [-0.4, -0.2) is 24.2 Å². The normalized spacial score (nSPS) is 10.3. The molecule has 1 rings (SSSR count). The number of urea groups is 1. The van der Waals surface area contributed by atoms with E-state index in [0.29, 0.717) is 12.5 Å². The Hall–Kier alpha value is -1.01. The quantitative estimate of drug-likeness (QED) is 0.807. The molecule has 0 saturated carbocycles. The first-order valence-electron chi connectivity index (χ1n) is 5.94. The molecule has 0 bridgehead atoms. The lowest BCUT2D eigenvalue weighted by Crippen LogP contribution is -2.41. The lowest BCUT2D eigenvalue weighted by atomic mass is 10.2. The molecule has 0 saturated heterocycles. The van der Waals surface area contributed by atoms with Crippen LogP contribution in [0.3, 0.4) is 0 Å². The third-order valence-corrected chi connectivity index (χ3v) is 4.15. The molecule has 0 radical (unpaired) electrons. The van der Waals surface area contributed by atoms with E-state index in [2.05, 4.69) is 26.6 Å². The lowest BCUT2D eigenvalue weighted by molar-refractivity contribution is -0.117. The number of amides is 3. The molecule has 0 aliphatic rings. The molecule has 6 heteroatoms. The van der Waals surface area contributed by atoms with Crippen LogP contribution in [0.15, 0.2) is 33.6 Å². The van der Waals surface area contributed by atoms with Gasteiger partial charge >= 0.3 is 6.03 Å². The Bertz CT molecular complexity index is 452. The summed E-state index contributed by atoms with van der Waals surface area (Å²) in [5.74, 6) is 0.259. The third kappa shape index (κ3) is 6.63. The summed E-state index contributed by atoms with van der Waals surface area (Å²) in [6.45, 7) is 4.53. The van der Waals surface area contributed by atoms with E-state index in [4.69, 9.17) is 0 Å². The molecule has 1 aromatic rings. The molecular weight excluding hydrogens is 328 g/mol. The maximum atomic E-state index is 11.6. The molecule has 0 atom stereocenters. The van der Waals surface area contributed by atoms with Crippen molar-refractivity contribution in [3.63, 3.8) is 0 Å². The van der Waals surface area contributed by atoms with Crippen molar-refractivity contribution in [2.24, 2.45) is 5.92 Å². The highest BCUT2D eigenvalue weighted by Crippen LogP contribution is 2.26. The zero-order chi connectivity index (χ0) is 14.3. The van der Waals surface area contributed by atoms with Crippen LogP contribution in [0.4, 0.5) is 4.79 Å². The van der Waals surface area contributed by atoms with Crippen LogP contribution in [0.2, 0.25) is 0 Å². The molecule has 0 aliphatic heterocycles. The van der Waals surface area contributed by atoms with Crippen molar-refractivity contribution < 1.29 is 9.59 Å². The van der Waals surface area contributed by atoms with Gasteiger partial charge in [-0.15, -0.1) is 11.8 Å².